The third-order valence-corrected chi connectivity index (χ3v) is 4.49. The Labute approximate surface area is 111 Å². The molecule has 1 saturated heterocycles. The highest BCUT2D eigenvalue weighted by Crippen LogP contribution is 2.29. The fourth-order valence-electron chi connectivity index (χ4n) is 2.36. The molecule has 1 aromatic rings. The van der Waals surface area contributed by atoms with Crippen LogP contribution >= 0.6 is 11.3 Å². The zero-order valence-electron chi connectivity index (χ0n) is 10.6. The zero-order valence-corrected chi connectivity index (χ0v) is 11.4. The highest BCUT2D eigenvalue weighted by molar-refractivity contribution is 7.07. The number of thiophene rings is 1. The molecule has 100 valence electrons. The van der Waals surface area contributed by atoms with Crippen molar-refractivity contribution < 1.29 is 9.90 Å². The average molecular weight is 268 g/mol. The lowest BCUT2D eigenvalue weighted by atomic mass is 9.83. The molecule has 2 unspecified atom stereocenters. The minimum atomic E-state index is -0.608. The number of hydrogen-bond acceptors (Lipinski definition) is 4. The number of amides is 1. The molecule has 0 bridgehead atoms. The SMILES string of the molecule is CCC1(C(=O)NCC(O)c2ccsc2)CCNC1. The molecule has 0 aliphatic carbocycles. The van der Waals surface area contributed by atoms with Crippen LogP contribution in [-0.4, -0.2) is 30.6 Å². The van der Waals surface area contributed by atoms with Crippen LogP contribution in [0.4, 0.5) is 0 Å². The number of carbonyl (C=O) groups excluding carboxylic acids is 1. The molecule has 1 fully saturated rings. The van der Waals surface area contributed by atoms with Gasteiger partial charge < -0.3 is 15.7 Å². The molecule has 1 amide bonds. The van der Waals surface area contributed by atoms with Gasteiger partial charge in [0.05, 0.1) is 11.5 Å². The van der Waals surface area contributed by atoms with Crippen molar-refractivity contribution >= 4 is 17.2 Å². The second kappa shape index (κ2) is 5.82. The Morgan fingerprint density at radius 3 is 3.11 bits per heavy atom. The maximum Gasteiger partial charge on any atom is 0.227 e. The number of carbonyl (C=O) groups is 1. The monoisotopic (exact) mass is 268 g/mol. The minimum absolute atomic E-state index is 0.0595. The van der Waals surface area contributed by atoms with Crippen molar-refractivity contribution in [3.05, 3.63) is 22.4 Å². The van der Waals surface area contributed by atoms with Gasteiger partial charge in [-0.1, -0.05) is 6.92 Å². The summed E-state index contributed by atoms with van der Waals surface area (Å²) in [6, 6.07) is 1.88. The smallest absolute Gasteiger partial charge is 0.227 e. The minimum Gasteiger partial charge on any atom is -0.387 e. The molecule has 0 saturated carbocycles. The lowest BCUT2D eigenvalue weighted by Crippen LogP contribution is -2.43. The van der Waals surface area contributed by atoms with Crippen molar-refractivity contribution in [3.8, 4) is 0 Å². The van der Waals surface area contributed by atoms with Crippen molar-refractivity contribution in [2.24, 2.45) is 5.41 Å². The van der Waals surface area contributed by atoms with Crippen molar-refractivity contribution in [1.29, 1.82) is 0 Å². The van der Waals surface area contributed by atoms with Crippen LogP contribution in [0.3, 0.4) is 0 Å². The molecule has 2 rings (SSSR count). The van der Waals surface area contributed by atoms with Crippen LogP contribution in [-0.2, 0) is 4.79 Å². The lowest BCUT2D eigenvalue weighted by molar-refractivity contribution is -0.130. The van der Waals surface area contributed by atoms with Gasteiger partial charge >= 0.3 is 0 Å². The molecule has 1 aromatic heterocycles. The summed E-state index contributed by atoms with van der Waals surface area (Å²) >= 11 is 1.55. The van der Waals surface area contributed by atoms with E-state index in [1.165, 1.54) is 0 Å². The van der Waals surface area contributed by atoms with Gasteiger partial charge in [0.2, 0.25) is 5.91 Å². The van der Waals surface area contributed by atoms with Gasteiger partial charge in [0.1, 0.15) is 0 Å². The normalized spacial score (nSPS) is 25.0. The summed E-state index contributed by atoms with van der Waals surface area (Å²) < 4.78 is 0. The van der Waals surface area contributed by atoms with Crippen molar-refractivity contribution in [3.63, 3.8) is 0 Å². The number of aliphatic hydroxyl groups excluding tert-OH is 1. The Morgan fingerprint density at radius 1 is 1.72 bits per heavy atom. The van der Waals surface area contributed by atoms with Crippen LogP contribution in [0, 0.1) is 5.41 Å². The summed E-state index contributed by atoms with van der Waals surface area (Å²) in [7, 11) is 0. The summed E-state index contributed by atoms with van der Waals surface area (Å²) in [4.78, 5) is 12.2. The highest BCUT2D eigenvalue weighted by Gasteiger charge is 2.39. The van der Waals surface area contributed by atoms with Gasteiger partial charge in [-0.3, -0.25) is 4.79 Å². The second-order valence-electron chi connectivity index (χ2n) is 4.84. The van der Waals surface area contributed by atoms with E-state index < -0.39 is 6.10 Å². The van der Waals surface area contributed by atoms with E-state index in [9.17, 15) is 9.90 Å². The topological polar surface area (TPSA) is 61.4 Å². The van der Waals surface area contributed by atoms with Crippen LogP contribution in [0.5, 0.6) is 0 Å². The van der Waals surface area contributed by atoms with Crippen LogP contribution in [0.15, 0.2) is 16.8 Å². The Balaban J connectivity index is 1.88. The summed E-state index contributed by atoms with van der Waals surface area (Å²) in [5.74, 6) is 0.0595. The predicted octanol–water partition coefficient (Wildman–Crippen LogP) is 1.29. The quantitative estimate of drug-likeness (QED) is 0.754. The molecule has 3 N–H and O–H groups in total. The molecule has 0 aromatic carbocycles. The first-order chi connectivity index (χ1) is 8.68. The fraction of sp³-hybridized carbons (Fsp3) is 0.615. The number of hydrogen-bond donors (Lipinski definition) is 3. The first-order valence-corrected chi connectivity index (χ1v) is 7.31. The molecule has 2 atom stereocenters. The molecule has 2 heterocycles. The third-order valence-electron chi connectivity index (χ3n) is 3.79. The van der Waals surface area contributed by atoms with Gasteiger partial charge in [0, 0.05) is 13.1 Å². The average Bonchev–Trinajstić information content (AvgIpc) is 3.06. The highest BCUT2D eigenvalue weighted by atomic mass is 32.1. The summed E-state index contributed by atoms with van der Waals surface area (Å²) in [5.41, 5.74) is 0.587. The maximum absolute atomic E-state index is 12.2. The lowest BCUT2D eigenvalue weighted by Gasteiger charge is -2.25. The van der Waals surface area contributed by atoms with E-state index in [2.05, 4.69) is 10.6 Å². The first-order valence-electron chi connectivity index (χ1n) is 6.37. The first kappa shape index (κ1) is 13.5. The van der Waals surface area contributed by atoms with E-state index in [0.29, 0.717) is 0 Å². The Bertz CT molecular complexity index is 386. The van der Waals surface area contributed by atoms with Gasteiger partial charge in [-0.05, 0) is 41.8 Å². The number of aliphatic hydroxyl groups is 1. The van der Waals surface area contributed by atoms with Gasteiger partial charge in [-0.2, -0.15) is 11.3 Å². The standard InChI is InChI=1S/C13H20N2O2S/c1-2-13(4-5-14-9-13)12(17)15-7-11(16)10-3-6-18-8-10/h3,6,8,11,14,16H,2,4-5,7,9H2,1H3,(H,15,17). The van der Waals surface area contributed by atoms with Crippen LogP contribution in [0.1, 0.15) is 31.4 Å². The largest absolute Gasteiger partial charge is 0.387 e. The number of rotatable bonds is 5. The second-order valence-corrected chi connectivity index (χ2v) is 5.62. The van der Waals surface area contributed by atoms with E-state index >= 15 is 0 Å². The van der Waals surface area contributed by atoms with E-state index in [0.717, 1.165) is 31.5 Å². The van der Waals surface area contributed by atoms with E-state index in [1.807, 2.05) is 23.8 Å². The van der Waals surface area contributed by atoms with E-state index in [4.69, 9.17) is 0 Å². The fourth-order valence-corrected chi connectivity index (χ4v) is 3.07. The van der Waals surface area contributed by atoms with Gasteiger partial charge in [0.25, 0.3) is 0 Å². The molecule has 0 radical (unpaired) electrons. The Hall–Kier alpha value is -0.910. The molecular formula is C13H20N2O2S. The molecule has 4 nitrogen and oxygen atoms in total. The van der Waals surface area contributed by atoms with Crippen molar-refractivity contribution in [2.75, 3.05) is 19.6 Å². The van der Waals surface area contributed by atoms with E-state index in [-0.39, 0.29) is 17.9 Å². The summed E-state index contributed by atoms with van der Waals surface area (Å²) in [6.07, 6.45) is 1.10. The zero-order chi connectivity index (χ0) is 13.0. The molecule has 0 spiro atoms. The Morgan fingerprint density at radius 2 is 2.56 bits per heavy atom. The van der Waals surface area contributed by atoms with Crippen LogP contribution in [0.2, 0.25) is 0 Å². The summed E-state index contributed by atoms with van der Waals surface area (Å²) in [5, 5.41) is 19.9. The number of nitrogens with one attached hydrogen (secondary N) is 2. The van der Waals surface area contributed by atoms with Gasteiger partial charge in [0.15, 0.2) is 0 Å². The molecule has 1 aliphatic rings. The van der Waals surface area contributed by atoms with E-state index in [1.54, 1.807) is 11.3 Å². The van der Waals surface area contributed by atoms with Crippen molar-refractivity contribution in [2.45, 2.75) is 25.9 Å². The predicted molar refractivity (Wildman–Crippen MR) is 72.5 cm³/mol. The maximum atomic E-state index is 12.2. The van der Waals surface area contributed by atoms with Crippen molar-refractivity contribution in [1.82, 2.24) is 10.6 Å². The molecule has 5 heteroatoms. The Kier molecular flexibility index (Phi) is 4.37. The van der Waals surface area contributed by atoms with Gasteiger partial charge in [-0.25, -0.2) is 0 Å². The molecular weight excluding hydrogens is 248 g/mol. The third kappa shape index (κ3) is 2.74. The van der Waals surface area contributed by atoms with Crippen LogP contribution < -0.4 is 10.6 Å². The van der Waals surface area contributed by atoms with Gasteiger partial charge in [-0.15, -0.1) is 0 Å². The summed E-state index contributed by atoms with van der Waals surface area (Å²) in [6.45, 7) is 3.97. The van der Waals surface area contributed by atoms with Crippen LogP contribution in [0.25, 0.3) is 0 Å². The molecule has 18 heavy (non-hydrogen) atoms. The molecule has 1 aliphatic heterocycles.